The highest BCUT2D eigenvalue weighted by Gasteiger charge is 2.33. The number of rotatable bonds is 5. The third kappa shape index (κ3) is 2.94. The van der Waals surface area contributed by atoms with Gasteiger partial charge in [0.05, 0.1) is 13.2 Å². The summed E-state index contributed by atoms with van der Waals surface area (Å²) >= 11 is 0. The zero-order valence-corrected chi connectivity index (χ0v) is 7.99. The summed E-state index contributed by atoms with van der Waals surface area (Å²) in [5, 5.41) is 0. The smallest absolute Gasteiger partial charge is 0.166 e. The predicted molar refractivity (Wildman–Crippen MR) is 49.3 cm³/mol. The fraction of sp³-hybridized carbons (Fsp3) is 0.700. The van der Waals surface area contributed by atoms with Crippen molar-refractivity contribution >= 4 is 6.29 Å². The Balaban J connectivity index is 2.43. The minimum atomic E-state index is -0.561. The molecule has 3 nitrogen and oxygen atoms in total. The molecule has 1 atom stereocenters. The lowest BCUT2D eigenvalue weighted by atomic mass is 9.98. The highest BCUT2D eigenvalue weighted by molar-refractivity contribution is 5.53. The molecule has 74 valence electrons. The summed E-state index contributed by atoms with van der Waals surface area (Å²) in [5.41, 5.74) is 0. The van der Waals surface area contributed by atoms with Crippen LogP contribution in [0.15, 0.2) is 12.7 Å². The van der Waals surface area contributed by atoms with Crippen LogP contribution in [-0.2, 0) is 14.3 Å². The van der Waals surface area contributed by atoms with E-state index in [4.69, 9.17) is 9.47 Å². The minimum absolute atomic E-state index is 0.0411. The molecule has 0 spiro atoms. The summed E-state index contributed by atoms with van der Waals surface area (Å²) in [7, 11) is 0. The Hall–Kier alpha value is -0.670. The van der Waals surface area contributed by atoms with Crippen LogP contribution in [0.5, 0.6) is 0 Å². The Kier molecular flexibility index (Phi) is 3.63. The maximum Gasteiger partial charge on any atom is 0.166 e. The molecule has 0 saturated carbocycles. The van der Waals surface area contributed by atoms with Gasteiger partial charge in [0.15, 0.2) is 5.79 Å². The highest BCUT2D eigenvalue weighted by atomic mass is 16.7. The van der Waals surface area contributed by atoms with Gasteiger partial charge in [-0.1, -0.05) is 6.08 Å². The van der Waals surface area contributed by atoms with Gasteiger partial charge in [0.2, 0.25) is 0 Å². The van der Waals surface area contributed by atoms with E-state index in [1.54, 1.807) is 6.08 Å². The van der Waals surface area contributed by atoms with Gasteiger partial charge in [0, 0.05) is 12.3 Å². The van der Waals surface area contributed by atoms with Crippen LogP contribution in [0.3, 0.4) is 0 Å². The molecular weight excluding hydrogens is 168 g/mol. The maximum atomic E-state index is 10.7. The quantitative estimate of drug-likeness (QED) is 0.480. The fourth-order valence-electron chi connectivity index (χ4n) is 1.55. The van der Waals surface area contributed by atoms with Crippen molar-refractivity contribution in [3.63, 3.8) is 0 Å². The highest BCUT2D eigenvalue weighted by Crippen LogP contribution is 2.27. The topological polar surface area (TPSA) is 35.5 Å². The molecule has 1 heterocycles. The summed E-state index contributed by atoms with van der Waals surface area (Å²) in [5.74, 6) is -0.602. The number of hydrogen-bond acceptors (Lipinski definition) is 3. The van der Waals surface area contributed by atoms with E-state index in [-0.39, 0.29) is 5.92 Å². The maximum absolute atomic E-state index is 10.7. The summed E-state index contributed by atoms with van der Waals surface area (Å²) in [6, 6.07) is 0. The fourth-order valence-corrected chi connectivity index (χ4v) is 1.55. The molecule has 1 aliphatic rings. The van der Waals surface area contributed by atoms with Gasteiger partial charge in [0.25, 0.3) is 0 Å². The number of allylic oxidation sites excluding steroid dienone is 1. The van der Waals surface area contributed by atoms with Crippen LogP contribution < -0.4 is 0 Å². The third-order valence-corrected chi connectivity index (χ3v) is 2.19. The Labute approximate surface area is 78.7 Å². The summed E-state index contributed by atoms with van der Waals surface area (Å²) < 4.78 is 10.8. The van der Waals surface area contributed by atoms with E-state index in [0.29, 0.717) is 26.1 Å². The van der Waals surface area contributed by atoms with Crippen LogP contribution in [0.1, 0.15) is 19.8 Å². The number of hydrogen-bond donors (Lipinski definition) is 0. The number of carbonyl (C=O) groups is 1. The van der Waals surface area contributed by atoms with E-state index in [0.717, 1.165) is 6.29 Å². The first-order valence-corrected chi connectivity index (χ1v) is 4.54. The van der Waals surface area contributed by atoms with Crippen molar-refractivity contribution in [3.8, 4) is 0 Å². The van der Waals surface area contributed by atoms with E-state index >= 15 is 0 Å². The lowest BCUT2D eigenvalue weighted by Crippen LogP contribution is -2.29. The zero-order chi connectivity index (χ0) is 9.73. The van der Waals surface area contributed by atoms with Crippen molar-refractivity contribution in [1.29, 1.82) is 0 Å². The SMILES string of the molecule is C=CCC(C=O)CC1(C)OCCO1. The van der Waals surface area contributed by atoms with Crippen molar-refractivity contribution in [3.05, 3.63) is 12.7 Å². The third-order valence-electron chi connectivity index (χ3n) is 2.19. The number of carbonyl (C=O) groups excluding carboxylic acids is 1. The number of ether oxygens (including phenoxy) is 2. The second-order valence-corrected chi connectivity index (χ2v) is 3.46. The molecule has 1 fully saturated rings. The predicted octanol–water partition coefficient (Wildman–Crippen LogP) is 1.53. The van der Waals surface area contributed by atoms with Crippen LogP contribution in [0.4, 0.5) is 0 Å². The molecule has 0 aliphatic carbocycles. The van der Waals surface area contributed by atoms with Gasteiger partial charge >= 0.3 is 0 Å². The summed E-state index contributed by atoms with van der Waals surface area (Å²) in [6.45, 7) is 6.72. The monoisotopic (exact) mass is 184 g/mol. The van der Waals surface area contributed by atoms with Crippen LogP contribution in [-0.4, -0.2) is 25.3 Å². The molecule has 0 radical (unpaired) electrons. The second kappa shape index (κ2) is 4.53. The standard InChI is InChI=1S/C10H16O3/c1-3-4-9(8-11)7-10(2)12-5-6-13-10/h3,8-9H,1,4-7H2,2H3. The van der Waals surface area contributed by atoms with Crippen LogP contribution in [0.25, 0.3) is 0 Å². The molecule has 1 saturated heterocycles. The van der Waals surface area contributed by atoms with Crippen LogP contribution in [0.2, 0.25) is 0 Å². The van der Waals surface area contributed by atoms with Crippen molar-refractivity contribution in [2.24, 2.45) is 5.92 Å². The Morgan fingerprint density at radius 2 is 2.15 bits per heavy atom. The van der Waals surface area contributed by atoms with E-state index in [1.165, 1.54) is 0 Å². The number of aldehydes is 1. The first kappa shape index (κ1) is 10.4. The Bertz CT molecular complexity index is 183. The molecule has 1 unspecified atom stereocenters. The van der Waals surface area contributed by atoms with Gasteiger partial charge in [-0.25, -0.2) is 0 Å². The van der Waals surface area contributed by atoms with Crippen molar-refractivity contribution in [2.75, 3.05) is 13.2 Å². The molecule has 0 aromatic carbocycles. The van der Waals surface area contributed by atoms with Crippen molar-refractivity contribution < 1.29 is 14.3 Å². The van der Waals surface area contributed by atoms with E-state index in [2.05, 4.69) is 6.58 Å². The van der Waals surface area contributed by atoms with Gasteiger partial charge in [-0.3, -0.25) is 0 Å². The second-order valence-electron chi connectivity index (χ2n) is 3.46. The first-order chi connectivity index (χ1) is 6.20. The van der Waals surface area contributed by atoms with Crippen molar-refractivity contribution in [1.82, 2.24) is 0 Å². The normalized spacial score (nSPS) is 22.5. The molecule has 3 heteroatoms. The Morgan fingerprint density at radius 3 is 2.62 bits per heavy atom. The van der Waals surface area contributed by atoms with Gasteiger partial charge in [-0.15, -0.1) is 6.58 Å². The van der Waals surface area contributed by atoms with E-state index in [9.17, 15) is 4.79 Å². The van der Waals surface area contributed by atoms with Gasteiger partial charge in [-0.2, -0.15) is 0 Å². The molecule has 0 aromatic rings. The van der Waals surface area contributed by atoms with E-state index < -0.39 is 5.79 Å². The lowest BCUT2D eigenvalue weighted by molar-refractivity contribution is -0.156. The molecule has 0 bridgehead atoms. The lowest BCUT2D eigenvalue weighted by Gasteiger charge is -2.24. The molecule has 0 amide bonds. The average molecular weight is 184 g/mol. The minimum Gasteiger partial charge on any atom is -0.348 e. The average Bonchev–Trinajstić information content (AvgIpc) is 2.51. The van der Waals surface area contributed by atoms with Gasteiger partial charge in [0.1, 0.15) is 6.29 Å². The van der Waals surface area contributed by atoms with Gasteiger partial charge < -0.3 is 14.3 Å². The summed E-state index contributed by atoms with van der Waals surface area (Å²) in [6.07, 6.45) is 3.99. The zero-order valence-electron chi connectivity index (χ0n) is 7.99. The molecular formula is C10H16O3. The molecule has 0 aromatic heterocycles. The molecule has 0 N–H and O–H groups in total. The van der Waals surface area contributed by atoms with E-state index in [1.807, 2.05) is 6.92 Å². The van der Waals surface area contributed by atoms with Gasteiger partial charge in [-0.05, 0) is 13.3 Å². The molecule has 1 rings (SSSR count). The summed E-state index contributed by atoms with van der Waals surface area (Å²) in [4.78, 5) is 10.7. The molecule has 1 aliphatic heterocycles. The first-order valence-electron chi connectivity index (χ1n) is 4.54. The van der Waals surface area contributed by atoms with Crippen LogP contribution in [0, 0.1) is 5.92 Å². The Morgan fingerprint density at radius 1 is 1.54 bits per heavy atom. The van der Waals surface area contributed by atoms with Crippen molar-refractivity contribution in [2.45, 2.75) is 25.6 Å². The van der Waals surface area contributed by atoms with Crippen LogP contribution >= 0.6 is 0 Å². The molecule has 13 heavy (non-hydrogen) atoms. The largest absolute Gasteiger partial charge is 0.348 e.